The number of carbonyl (C=O) groups excluding carboxylic acids is 1. The maximum atomic E-state index is 13.0. The normalized spacial score (nSPS) is 17.4. The minimum absolute atomic E-state index is 0.0836. The molecule has 0 atom stereocenters. The lowest BCUT2D eigenvalue weighted by atomic mass is 10.1. The molecule has 0 bridgehead atoms. The van der Waals surface area contributed by atoms with Crippen LogP contribution in [-0.2, 0) is 11.2 Å². The van der Waals surface area contributed by atoms with E-state index in [-0.39, 0.29) is 5.91 Å². The summed E-state index contributed by atoms with van der Waals surface area (Å²) in [6.45, 7) is 4.20. The number of fused-ring (bicyclic) bond motifs is 1. The van der Waals surface area contributed by atoms with Gasteiger partial charge in [-0.15, -0.1) is 0 Å². The predicted octanol–water partition coefficient (Wildman–Crippen LogP) is 2.25. The summed E-state index contributed by atoms with van der Waals surface area (Å²) in [5.74, 6) is 2.41. The van der Waals surface area contributed by atoms with Crippen LogP contribution in [0.25, 0.3) is 0 Å². The van der Waals surface area contributed by atoms with Crippen molar-refractivity contribution in [1.29, 1.82) is 0 Å². The molecule has 3 heterocycles. The lowest BCUT2D eigenvalue weighted by molar-refractivity contribution is -0.118. The van der Waals surface area contributed by atoms with Gasteiger partial charge in [-0.1, -0.05) is 12.1 Å². The van der Waals surface area contributed by atoms with Gasteiger partial charge in [-0.2, -0.15) is 0 Å². The van der Waals surface area contributed by atoms with Crippen molar-refractivity contribution in [3.63, 3.8) is 0 Å². The predicted molar refractivity (Wildman–Crippen MR) is 97.6 cm³/mol. The molecule has 0 aromatic heterocycles. The molecule has 2 aromatic carbocycles. The number of carbonyl (C=O) groups is 1. The van der Waals surface area contributed by atoms with E-state index >= 15 is 0 Å². The number of benzene rings is 2. The molecule has 1 amide bonds. The molecule has 0 N–H and O–H groups in total. The number of para-hydroxylation sites is 1. The lowest BCUT2D eigenvalue weighted by Gasteiger charge is -2.41. The van der Waals surface area contributed by atoms with Crippen LogP contribution in [0, 0.1) is 0 Å². The summed E-state index contributed by atoms with van der Waals surface area (Å²) in [5.41, 5.74) is 2.92. The molecule has 134 valence electrons. The van der Waals surface area contributed by atoms with Gasteiger partial charge in [0.2, 0.25) is 5.91 Å². The number of rotatable bonds is 2. The zero-order chi connectivity index (χ0) is 17.5. The van der Waals surface area contributed by atoms with Gasteiger partial charge < -0.3 is 24.0 Å². The van der Waals surface area contributed by atoms with Crippen LogP contribution in [-0.4, -0.2) is 45.4 Å². The van der Waals surface area contributed by atoms with Gasteiger partial charge in [0.25, 0.3) is 0 Å². The van der Waals surface area contributed by atoms with Gasteiger partial charge in [-0.05, 0) is 29.8 Å². The maximum absolute atomic E-state index is 13.0. The Kier molecular flexibility index (Phi) is 3.62. The van der Waals surface area contributed by atoms with Crippen LogP contribution in [0.4, 0.5) is 11.4 Å². The van der Waals surface area contributed by atoms with Crippen LogP contribution in [0.15, 0.2) is 36.4 Å². The van der Waals surface area contributed by atoms with Crippen molar-refractivity contribution in [2.45, 2.75) is 6.42 Å². The van der Waals surface area contributed by atoms with Gasteiger partial charge in [0.15, 0.2) is 11.5 Å². The molecule has 26 heavy (non-hydrogen) atoms. The van der Waals surface area contributed by atoms with Crippen LogP contribution >= 0.6 is 0 Å². The monoisotopic (exact) mass is 352 g/mol. The third kappa shape index (κ3) is 2.53. The largest absolute Gasteiger partial charge is 0.489 e. The fraction of sp³-hybridized carbons (Fsp3) is 0.350. The summed E-state index contributed by atoms with van der Waals surface area (Å²) in [4.78, 5) is 17.2. The molecule has 3 aliphatic rings. The maximum Gasteiger partial charge on any atom is 0.231 e. The highest BCUT2D eigenvalue weighted by Gasteiger charge is 2.31. The molecular weight excluding hydrogens is 332 g/mol. The first-order valence-corrected chi connectivity index (χ1v) is 8.99. The van der Waals surface area contributed by atoms with E-state index in [1.807, 2.05) is 41.3 Å². The van der Waals surface area contributed by atoms with E-state index < -0.39 is 0 Å². The summed E-state index contributed by atoms with van der Waals surface area (Å²) in [7, 11) is 0. The van der Waals surface area contributed by atoms with E-state index in [1.54, 1.807) is 0 Å². The zero-order valence-electron chi connectivity index (χ0n) is 14.4. The van der Waals surface area contributed by atoms with E-state index in [4.69, 9.17) is 14.2 Å². The Morgan fingerprint density at radius 1 is 0.885 bits per heavy atom. The van der Waals surface area contributed by atoms with E-state index in [0.29, 0.717) is 32.8 Å². The summed E-state index contributed by atoms with van der Waals surface area (Å²) in [6, 6.07) is 11.7. The second-order valence-electron chi connectivity index (χ2n) is 6.66. The first-order valence-electron chi connectivity index (χ1n) is 8.99. The van der Waals surface area contributed by atoms with Crippen molar-refractivity contribution in [2.24, 2.45) is 0 Å². The molecule has 6 nitrogen and oxygen atoms in total. The van der Waals surface area contributed by atoms with Crippen LogP contribution in [0.1, 0.15) is 5.56 Å². The topological polar surface area (TPSA) is 51.2 Å². The third-order valence-electron chi connectivity index (χ3n) is 5.06. The highest BCUT2D eigenvalue weighted by molar-refractivity contribution is 6.00. The number of hydrogen-bond acceptors (Lipinski definition) is 5. The fourth-order valence-corrected chi connectivity index (χ4v) is 3.83. The van der Waals surface area contributed by atoms with Crippen molar-refractivity contribution in [1.82, 2.24) is 0 Å². The van der Waals surface area contributed by atoms with Crippen LogP contribution in [0.3, 0.4) is 0 Å². The summed E-state index contributed by atoms with van der Waals surface area (Å²) in [6.07, 6.45) is 0.334. The molecule has 0 unspecified atom stereocenters. The first kappa shape index (κ1) is 15.4. The Bertz CT molecular complexity index is 867. The van der Waals surface area contributed by atoms with E-state index in [9.17, 15) is 4.79 Å². The SMILES string of the molecule is O=C(Cc1ccc2c(c1)OCCO2)N1CCN2CCOc3cccc1c32. The van der Waals surface area contributed by atoms with Gasteiger partial charge in [0.05, 0.1) is 18.7 Å². The van der Waals surface area contributed by atoms with Crippen molar-refractivity contribution < 1.29 is 19.0 Å². The van der Waals surface area contributed by atoms with Crippen molar-refractivity contribution in [3.8, 4) is 17.2 Å². The van der Waals surface area contributed by atoms with E-state index in [2.05, 4.69) is 4.90 Å². The molecule has 0 radical (unpaired) electrons. The second kappa shape index (κ2) is 6.12. The highest BCUT2D eigenvalue weighted by atomic mass is 16.6. The van der Waals surface area contributed by atoms with Gasteiger partial charge in [0, 0.05) is 13.1 Å². The highest BCUT2D eigenvalue weighted by Crippen LogP contribution is 2.42. The van der Waals surface area contributed by atoms with Gasteiger partial charge in [-0.3, -0.25) is 4.79 Å². The fourth-order valence-electron chi connectivity index (χ4n) is 3.83. The average molecular weight is 352 g/mol. The number of anilines is 2. The van der Waals surface area contributed by atoms with Gasteiger partial charge in [-0.25, -0.2) is 0 Å². The van der Waals surface area contributed by atoms with E-state index in [0.717, 1.165) is 47.3 Å². The Labute approximate surface area is 151 Å². The molecule has 3 aliphatic heterocycles. The summed E-state index contributed by atoms with van der Waals surface area (Å²) in [5, 5.41) is 0. The molecule has 6 heteroatoms. The molecule has 0 fully saturated rings. The Balaban J connectivity index is 1.41. The Morgan fingerprint density at radius 2 is 1.73 bits per heavy atom. The Hall–Kier alpha value is -2.89. The van der Waals surface area contributed by atoms with Crippen LogP contribution in [0.5, 0.6) is 17.2 Å². The van der Waals surface area contributed by atoms with E-state index in [1.165, 1.54) is 0 Å². The standard InChI is InChI=1S/C20H20N2O4/c23-19(13-14-4-5-16-18(12-14)26-11-10-25-16)22-7-6-21-8-9-24-17-3-1-2-15(22)20(17)21/h1-5,12H,6-11,13H2. The molecule has 2 aromatic rings. The minimum atomic E-state index is 0.0836. The lowest BCUT2D eigenvalue weighted by Crippen LogP contribution is -2.47. The Morgan fingerprint density at radius 3 is 2.65 bits per heavy atom. The molecule has 0 spiro atoms. The van der Waals surface area contributed by atoms with Gasteiger partial charge >= 0.3 is 0 Å². The molecular formula is C20H20N2O4. The zero-order valence-corrected chi connectivity index (χ0v) is 14.4. The van der Waals surface area contributed by atoms with Crippen LogP contribution < -0.4 is 24.0 Å². The third-order valence-corrected chi connectivity index (χ3v) is 5.06. The minimum Gasteiger partial charge on any atom is -0.489 e. The van der Waals surface area contributed by atoms with Crippen molar-refractivity contribution in [2.75, 3.05) is 49.3 Å². The molecule has 0 aliphatic carbocycles. The molecule has 0 saturated carbocycles. The van der Waals surface area contributed by atoms with Crippen LogP contribution in [0.2, 0.25) is 0 Å². The summed E-state index contributed by atoms with van der Waals surface area (Å²) < 4.78 is 16.9. The number of ether oxygens (including phenoxy) is 3. The number of hydrogen-bond donors (Lipinski definition) is 0. The number of nitrogens with zero attached hydrogens (tertiary/aromatic N) is 2. The average Bonchev–Trinajstić information content (AvgIpc) is 2.68. The summed E-state index contributed by atoms with van der Waals surface area (Å²) >= 11 is 0. The molecule has 0 saturated heterocycles. The van der Waals surface area contributed by atoms with Gasteiger partial charge in [0.1, 0.15) is 31.3 Å². The smallest absolute Gasteiger partial charge is 0.231 e. The molecule has 5 rings (SSSR count). The first-order chi connectivity index (χ1) is 12.8. The second-order valence-corrected chi connectivity index (χ2v) is 6.66. The van der Waals surface area contributed by atoms with Crippen molar-refractivity contribution >= 4 is 17.3 Å². The van der Waals surface area contributed by atoms with Crippen molar-refractivity contribution in [3.05, 3.63) is 42.0 Å². The quantitative estimate of drug-likeness (QED) is 0.830. The number of amides is 1.